The molecule has 2 heterocycles. The Bertz CT molecular complexity index is 988. The van der Waals surface area contributed by atoms with Gasteiger partial charge in [-0.1, -0.05) is 30.0 Å². The first-order chi connectivity index (χ1) is 13.0. The Morgan fingerprint density at radius 2 is 1.81 bits per heavy atom. The fourth-order valence-corrected chi connectivity index (χ4v) is 7.25. The predicted molar refractivity (Wildman–Crippen MR) is 108 cm³/mol. The minimum absolute atomic E-state index is 0.0647. The fourth-order valence-electron chi connectivity index (χ4n) is 3.34. The lowest BCUT2D eigenvalue weighted by atomic mass is 10.2. The molecule has 1 amide bonds. The molecule has 8 heteroatoms. The molecule has 2 aromatic rings. The number of aliphatic imine (C=N–C) groups is 1. The van der Waals surface area contributed by atoms with Crippen LogP contribution in [0.2, 0.25) is 0 Å². The summed E-state index contributed by atoms with van der Waals surface area (Å²) in [6.45, 7) is 0. The maximum atomic E-state index is 12.6. The summed E-state index contributed by atoms with van der Waals surface area (Å²) in [4.78, 5) is 18.8. The molecule has 2 aromatic carbocycles. The van der Waals surface area contributed by atoms with Gasteiger partial charge in [-0.3, -0.25) is 4.79 Å². The first-order valence-electron chi connectivity index (χ1n) is 8.45. The van der Waals surface area contributed by atoms with Gasteiger partial charge in [-0.25, -0.2) is 8.42 Å². The van der Waals surface area contributed by atoms with E-state index >= 15 is 0 Å². The Kier molecular flexibility index (Phi) is 4.69. The van der Waals surface area contributed by atoms with Crippen molar-refractivity contribution in [1.29, 1.82) is 0 Å². The van der Waals surface area contributed by atoms with Gasteiger partial charge in [0.2, 0.25) is 0 Å². The van der Waals surface area contributed by atoms with Crippen LogP contribution in [-0.2, 0) is 9.84 Å². The van der Waals surface area contributed by atoms with Gasteiger partial charge in [0, 0.05) is 16.5 Å². The van der Waals surface area contributed by atoms with E-state index in [9.17, 15) is 13.2 Å². The van der Waals surface area contributed by atoms with Gasteiger partial charge in [-0.15, -0.1) is 0 Å². The highest BCUT2D eigenvalue weighted by molar-refractivity contribution is 8.16. The number of amidine groups is 1. The van der Waals surface area contributed by atoms with Crippen LogP contribution in [0.4, 0.5) is 5.69 Å². The molecule has 140 valence electrons. The van der Waals surface area contributed by atoms with Crippen molar-refractivity contribution in [1.82, 2.24) is 0 Å². The Hall–Kier alpha value is -2.32. The zero-order chi connectivity index (χ0) is 19.0. The number of sulfone groups is 1. The number of carbonyl (C=O) groups excluding carboxylic acids is 1. The number of thioether (sulfide) groups is 1. The van der Waals surface area contributed by atoms with Crippen molar-refractivity contribution < 1.29 is 17.9 Å². The van der Waals surface area contributed by atoms with Gasteiger partial charge in [-0.05, 0) is 36.4 Å². The SMILES string of the molecule is COc1ccc(N2C(=NC(=O)c3ccccc3)S[C@@H]3CS(=O)(=O)C[C@H]32)cc1. The van der Waals surface area contributed by atoms with Crippen LogP contribution >= 0.6 is 11.8 Å². The summed E-state index contributed by atoms with van der Waals surface area (Å²) < 4.78 is 29.4. The van der Waals surface area contributed by atoms with Crippen molar-refractivity contribution in [3.8, 4) is 5.75 Å². The van der Waals surface area contributed by atoms with Crippen LogP contribution in [-0.4, -0.2) is 49.4 Å². The number of ether oxygens (including phenoxy) is 1. The first-order valence-corrected chi connectivity index (χ1v) is 11.2. The molecule has 27 heavy (non-hydrogen) atoms. The van der Waals surface area contributed by atoms with E-state index in [4.69, 9.17) is 4.74 Å². The summed E-state index contributed by atoms with van der Waals surface area (Å²) in [6.07, 6.45) is 0. The third-order valence-electron chi connectivity index (χ3n) is 4.64. The highest BCUT2D eigenvalue weighted by Gasteiger charge is 2.49. The fraction of sp³-hybridized carbons (Fsp3) is 0.263. The number of fused-ring (bicyclic) bond motifs is 1. The molecule has 2 atom stereocenters. The van der Waals surface area contributed by atoms with Crippen LogP contribution < -0.4 is 9.64 Å². The standard InChI is InChI=1S/C19H18N2O4S2/c1-25-15-9-7-14(8-10-15)21-16-11-27(23,24)12-17(16)26-19(21)20-18(22)13-5-3-2-4-6-13/h2-10,16-17H,11-12H2,1H3/t16-,17-/m1/s1. The van der Waals surface area contributed by atoms with E-state index in [1.807, 2.05) is 35.2 Å². The van der Waals surface area contributed by atoms with Crippen molar-refractivity contribution in [3.05, 3.63) is 60.2 Å². The van der Waals surface area contributed by atoms with E-state index < -0.39 is 9.84 Å². The number of nitrogens with zero attached hydrogens (tertiary/aromatic N) is 2. The molecule has 0 radical (unpaired) electrons. The summed E-state index contributed by atoms with van der Waals surface area (Å²) in [7, 11) is -1.50. The molecule has 2 fully saturated rings. The van der Waals surface area contributed by atoms with Crippen LogP contribution in [0.15, 0.2) is 59.6 Å². The van der Waals surface area contributed by atoms with E-state index in [2.05, 4.69) is 4.99 Å². The lowest BCUT2D eigenvalue weighted by molar-refractivity contribution is 0.100. The topological polar surface area (TPSA) is 76.0 Å². The van der Waals surface area contributed by atoms with Crippen LogP contribution in [0.3, 0.4) is 0 Å². The molecule has 2 aliphatic rings. The molecule has 0 aliphatic carbocycles. The van der Waals surface area contributed by atoms with Crippen molar-refractivity contribution in [3.63, 3.8) is 0 Å². The molecule has 0 bridgehead atoms. The van der Waals surface area contributed by atoms with Crippen molar-refractivity contribution >= 4 is 38.4 Å². The van der Waals surface area contributed by atoms with Crippen LogP contribution in [0.1, 0.15) is 10.4 Å². The van der Waals surface area contributed by atoms with Gasteiger partial charge in [0.05, 0.1) is 24.7 Å². The van der Waals surface area contributed by atoms with Gasteiger partial charge in [0.25, 0.3) is 5.91 Å². The summed E-state index contributed by atoms with van der Waals surface area (Å²) in [5.74, 6) is 0.544. The van der Waals surface area contributed by atoms with Crippen LogP contribution in [0.5, 0.6) is 5.75 Å². The van der Waals surface area contributed by atoms with Gasteiger partial charge >= 0.3 is 0 Å². The van der Waals surface area contributed by atoms with E-state index in [1.165, 1.54) is 11.8 Å². The highest BCUT2D eigenvalue weighted by Crippen LogP contribution is 2.41. The van der Waals surface area contributed by atoms with Gasteiger partial charge in [-0.2, -0.15) is 4.99 Å². The largest absolute Gasteiger partial charge is 0.497 e. The lowest BCUT2D eigenvalue weighted by Gasteiger charge is -2.24. The zero-order valence-electron chi connectivity index (χ0n) is 14.6. The Balaban J connectivity index is 1.71. The molecule has 4 rings (SSSR count). The Labute approximate surface area is 162 Å². The second kappa shape index (κ2) is 7.01. The third kappa shape index (κ3) is 3.59. The molecule has 0 unspecified atom stereocenters. The number of methoxy groups -OCH3 is 1. The summed E-state index contributed by atoms with van der Waals surface area (Å²) in [6, 6.07) is 16.0. The Morgan fingerprint density at radius 1 is 1.11 bits per heavy atom. The number of hydrogen-bond acceptors (Lipinski definition) is 5. The monoisotopic (exact) mass is 402 g/mol. The second-order valence-corrected chi connectivity index (χ2v) is 9.79. The minimum Gasteiger partial charge on any atom is -0.497 e. The third-order valence-corrected chi connectivity index (χ3v) is 7.84. The van der Waals surface area contributed by atoms with Crippen molar-refractivity contribution in [2.24, 2.45) is 4.99 Å². The van der Waals surface area contributed by atoms with Gasteiger partial charge in [0.15, 0.2) is 15.0 Å². The molecular weight excluding hydrogens is 384 g/mol. The second-order valence-electron chi connectivity index (χ2n) is 6.43. The van der Waals surface area contributed by atoms with Crippen molar-refractivity contribution in [2.75, 3.05) is 23.5 Å². The van der Waals surface area contributed by atoms with E-state index in [0.29, 0.717) is 16.5 Å². The van der Waals surface area contributed by atoms with Crippen molar-refractivity contribution in [2.45, 2.75) is 11.3 Å². The molecule has 0 spiro atoms. The number of benzene rings is 2. The van der Waals surface area contributed by atoms with Gasteiger partial charge < -0.3 is 9.64 Å². The normalized spacial score (nSPS) is 24.8. The number of rotatable bonds is 3. The number of anilines is 1. The molecule has 0 N–H and O–H groups in total. The summed E-state index contributed by atoms with van der Waals surface area (Å²) in [5.41, 5.74) is 1.30. The molecular formula is C19H18N2O4S2. The summed E-state index contributed by atoms with van der Waals surface area (Å²) >= 11 is 1.36. The highest BCUT2D eigenvalue weighted by atomic mass is 32.2. The lowest BCUT2D eigenvalue weighted by Crippen LogP contribution is -2.37. The average Bonchev–Trinajstić information content (AvgIpc) is 3.13. The molecule has 0 saturated carbocycles. The minimum atomic E-state index is -3.09. The maximum Gasteiger partial charge on any atom is 0.279 e. The zero-order valence-corrected chi connectivity index (χ0v) is 16.2. The smallest absolute Gasteiger partial charge is 0.279 e. The summed E-state index contributed by atoms with van der Waals surface area (Å²) in [5, 5.41) is 0.415. The molecule has 2 saturated heterocycles. The van der Waals surface area contributed by atoms with E-state index in [-0.39, 0.29) is 28.7 Å². The molecule has 2 aliphatic heterocycles. The number of amides is 1. The van der Waals surface area contributed by atoms with Crippen LogP contribution in [0.25, 0.3) is 0 Å². The van der Waals surface area contributed by atoms with Crippen LogP contribution in [0, 0.1) is 0 Å². The predicted octanol–water partition coefficient (Wildman–Crippen LogP) is 2.61. The quantitative estimate of drug-likeness (QED) is 0.786. The Morgan fingerprint density at radius 3 is 2.48 bits per heavy atom. The average molecular weight is 402 g/mol. The van der Waals surface area contributed by atoms with E-state index in [1.54, 1.807) is 31.4 Å². The molecule has 6 nitrogen and oxygen atoms in total. The van der Waals surface area contributed by atoms with Gasteiger partial charge in [0.1, 0.15) is 5.75 Å². The number of carbonyl (C=O) groups is 1. The van der Waals surface area contributed by atoms with E-state index in [0.717, 1.165) is 5.69 Å². The first kappa shape index (κ1) is 18.1. The number of hydrogen-bond donors (Lipinski definition) is 0. The molecule has 0 aromatic heterocycles. The maximum absolute atomic E-state index is 12.6.